The molecule has 1 aliphatic heterocycles. The first kappa shape index (κ1) is 15.8. The highest BCUT2D eigenvalue weighted by atomic mass is 16.3. The van der Waals surface area contributed by atoms with Crippen molar-refractivity contribution in [2.75, 3.05) is 11.9 Å². The monoisotopic (exact) mass is 346 g/mol. The SMILES string of the molecule is O=C(CN1C(=O)c2ccccc2C1=O)Nc1cccc2c(O)cccc12. The van der Waals surface area contributed by atoms with Crippen LogP contribution in [-0.4, -0.2) is 34.3 Å². The van der Waals surface area contributed by atoms with Crippen molar-refractivity contribution in [1.29, 1.82) is 0 Å². The molecule has 1 aliphatic rings. The highest BCUT2D eigenvalue weighted by Crippen LogP contribution is 2.30. The van der Waals surface area contributed by atoms with Crippen LogP contribution in [0.1, 0.15) is 20.7 Å². The van der Waals surface area contributed by atoms with Gasteiger partial charge in [0.25, 0.3) is 11.8 Å². The van der Waals surface area contributed by atoms with E-state index in [0.717, 1.165) is 4.90 Å². The molecule has 0 spiro atoms. The summed E-state index contributed by atoms with van der Waals surface area (Å²) in [5, 5.41) is 13.9. The smallest absolute Gasteiger partial charge is 0.262 e. The highest BCUT2D eigenvalue weighted by molar-refractivity contribution is 6.22. The van der Waals surface area contributed by atoms with Crippen molar-refractivity contribution >= 4 is 34.2 Å². The minimum absolute atomic E-state index is 0.110. The summed E-state index contributed by atoms with van der Waals surface area (Å²) in [5.41, 5.74) is 1.11. The van der Waals surface area contributed by atoms with Gasteiger partial charge < -0.3 is 10.4 Å². The molecule has 0 atom stereocenters. The van der Waals surface area contributed by atoms with Gasteiger partial charge in [-0.3, -0.25) is 19.3 Å². The zero-order chi connectivity index (χ0) is 18.3. The third kappa shape index (κ3) is 2.48. The van der Waals surface area contributed by atoms with Gasteiger partial charge in [-0.05, 0) is 24.3 Å². The molecule has 0 radical (unpaired) electrons. The molecule has 3 amide bonds. The van der Waals surface area contributed by atoms with Gasteiger partial charge in [0.15, 0.2) is 0 Å². The van der Waals surface area contributed by atoms with Crippen LogP contribution in [0.25, 0.3) is 10.8 Å². The maximum Gasteiger partial charge on any atom is 0.262 e. The number of amides is 3. The van der Waals surface area contributed by atoms with E-state index < -0.39 is 17.7 Å². The van der Waals surface area contributed by atoms with E-state index in [-0.39, 0.29) is 12.3 Å². The molecule has 0 saturated carbocycles. The Kier molecular flexibility index (Phi) is 3.65. The maximum absolute atomic E-state index is 12.4. The summed E-state index contributed by atoms with van der Waals surface area (Å²) in [6.45, 7) is -0.373. The Labute approximate surface area is 148 Å². The molecular weight excluding hydrogens is 332 g/mol. The van der Waals surface area contributed by atoms with Crippen molar-refractivity contribution in [3.8, 4) is 5.75 Å². The van der Waals surface area contributed by atoms with Gasteiger partial charge in [0.1, 0.15) is 12.3 Å². The molecule has 0 aliphatic carbocycles. The molecule has 0 bridgehead atoms. The third-order valence-corrected chi connectivity index (χ3v) is 4.35. The predicted octanol–water partition coefficient (Wildman–Crippen LogP) is 2.78. The van der Waals surface area contributed by atoms with Crippen molar-refractivity contribution in [3.63, 3.8) is 0 Å². The number of carbonyl (C=O) groups is 3. The molecule has 0 saturated heterocycles. The van der Waals surface area contributed by atoms with Crippen molar-refractivity contribution in [3.05, 3.63) is 71.8 Å². The number of hydrogen-bond donors (Lipinski definition) is 2. The number of imide groups is 1. The van der Waals surface area contributed by atoms with Crippen LogP contribution in [0.3, 0.4) is 0 Å². The van der Waals surface area contributed by atoms with Crippen LogP contribution < -0.4 is 5.32 Å². The summed E-state index contributed by atoms with van der Waals surface area (Å²) in [5.74, 6) is -1.33. The molecule has 3 aromatic rings. The number of benzene rings is 3. The van der Waals surface area contributed by atoms with Crippen LogP contribution in [0.4, 0.5) is 5.69 Å². The minimum Gasteiger partial charge on any atom is -0.507 e. The highest BCUT2D eigenvalue weighted by Gasteiger charge is 2.36. The van der Waals surface area contributed by atoms with E-state index in [0.29, 0.717) is 27.6 Å². The van der Waals surface area contributed by atoms with Gasteiger partial charge >= 0.3 is 0 Å². The number of nitrogens with zero attached hydrogens (tertiary/aromatic N) is 1. The van der Waals surface area contributed by atoms with Crippen LogP contribution >= 0.6 is 0 Å². The van der Waals surface area contributed by atoms with Gasteiger partial charge in [-0.2, -0.15) is 0 Å². The molecule has 3 aromatic carbocycles. The molecule has 4 rings (SSSR count). The summed E-state index contributed by atoms with van der Waals surface area (Å²) in [6.07, 6.45) is 0. The number of aromatic hydroxyl groups is 1. The first-order valence-corrected chi connectivity index (χ1v) is 8.02. The number of hydrogen-bond acceptors (Lipinski definition) is 4. The quantitative estimate of drug-likeness (QED) is 0.714. The zero-order valence-corrected chi connectivity index (χ0v) is 13.6. The third-order valence-electron chi connectivity index (χ3n) is 4.35. The van der Waals surface area contributed by atoms with Gasteiger partial charge in [-0.15, -0.1) is 0 Å². The van der Waals surface area contributed by atoms with Crippen molar-refractivity contribution in [2.24, 2.45) is 0 Å². The van der Waals surface area contributed by atoms with E-state index in [1.165, 1.54) is 0 Å². The molecule has 2 N–H and O–H groups in total. The van der Waals surface area contributed by atoms with Gasteiger partial charge in [0, 0.05) is 16.5 Å². The number of phenols is 1. The van der Waals surface area contributed by atoms with E-state index in [1.54, 1.807) is 60.7 Å². The molecule has 6 nitrogen and oxygen atoms in total. The number of anilines is 1. The van der Waals surface area contributed by atoms with Crippen LogP contribution in [0.2, 0.25) is 0 Å². The molecule has 0 unspecified atom stereocenters. The van der Waals surface area contributed by atoms with E-state index in [2.05, 4.69) is 5.32 Å². The maximum atomic E-state index is 12.4. The molecular formula is C20H14N2O4. The average Bonchev–Trinajstić information content (AvgIpc) is 2.88. The van der Waals surface area contributed by atoms with Crippen LogP contribution in [-0.2, 0) is 4.79 Å². The lowest BCUT2D eigenvalue weighted by atomic mass is 10.1. The summed E-state index contributed by atoms with van der Waals surface area (Å²) in [4.78, 5) is 38.0. The Morgan fingerprint density at radius 2 is 1.46 bits per heavy atom. The van der Waals surface area contributed by atoms with Gasteiger partial charge in [-0.25, -0.2) is 0 Å². The molecule has 1 heterocycles. The second-order valence-corrected chi connectivity index (χ2v) is 5.97. The van der Waals surface area contributed by atoms with Gasteiger partial charge in [0.05, 0.1) is 11.1 Å². The lowest BCUT2D eigenvalue weighted by Crippen LogP contribution is -2.37. The standard InChI is InChI=1S/C20H14N2O4/c23-17-10-4-7-12-13(17)8-3-9-16(12)21-18(24)11-22-19(25)14-5-1-2-6-15(14)20(22)26/h1-10,23H,11H2,(H,21,24). The lowest BCUT2D eigenvalue weighted by Gasteiger charge is -2.14. The molecule has 128 valence electrons. The Hall–Kier alpha value is -3.67. The van der Waals surface area contributed by atoms with Crippen LogP contribution in [0, 0.1) is 0 Å². The first-order chi connectivity index (χ1) is 12.6. The average molecular weight is 346 g/mol. The summed E-state index contributed by atoms with van der Waals surface area (Å²) >= 11 is 0. The van der Waals surface area contributed by atoms with Crippen LogP contribution in [0.15, 0.2) is 60.7 Å². The summed E-state index contributed by atoms with van der Waals surface area (Å²) in [6, 6.07) is 16.7. The number of fused-ring (bicyclic) bond motifs is 2. The predicted molar refractivity (Wildman–Crippen MR) is 96.1 cm³/mol. The fraction of sp³-hybridized carbons (Fsp3) is 0.0500. The lowest BCUT2D eigenvalue weighted by molar-refractivity contribution is -0.116. The Bertz CT molecular complexity index is 1040. The number of nitrogens with one attached hydrogen (secondary N) is 1. The molecule has 0 aromatic heterocycles. The molecule has 26 heavy (non-hydrogen) atoms. The van der Waals surface area contributed by atoms with Gasteiger partial charge in [-0.1, -0.05) is 36.4 Å². The van der Waals surface area contributed by atoms with Crippen LogP contribution in [0.5, 0.6) is 5.75 Å². The largest absolute Gasteiger partial charge is 0.507 e. The first-order valence-electron chi connectivity index (χ1n) is 8.02. The number of carbonyl (C=O) groups excluding carboxylic acids is 3. The van der Waals surface area contributed by atoms with Gasteiger partial charge in [0.2, 0.25) is 5.91 Å². The van der Waals surface area contributed by atoms with Crippen molar-refractivity contribution in [1.82, 2.24) is 4.90 Å². The molecule has 0 fully saturated rings. The van der Waals surface area contributed by atoms with E-state index >= 15 is 0 Å². The summed E-state index contributed by atoms with van der Waals surface area (Å²) in [7, 11) is 0. The molecule has 6 heteroatoms. The zero-order valence-electron chi connectivity index (χ0n) is 13.6. The van der Waals surface area contributed by atoms with E-state index in [4.69, 9.17) is 0 Å². The van der Waals surface area contributed by atoms with Crippen molar-refractivity contribution < 1.29 is 19.5 Å². The second kappa shape index (κ2) is 6.00. The second-order valence-electron chi connectivity index (χ2n) is 5.97. The normalized spacial score (nSPS) is 13.2. The fourth-order valence-corrected chi connectivity index (χ4v) is 3.12. The minimum atomic E-state index is -0.490. The fourth-order valence-electron chi connectivity index (χ4n) is 3.12. The number of rotatable bonds is 3. The van der Waals surface area contributed by atoms with E-state index in [1.807, 2.05) is 0 Å². The number of phenolic OH excluding ortho intramolecular Hbond substituents is 1. The van der Waals surface area contributed by atoms with E-state index in [9.17, 15) is 19.5 Å². The Balaban J connectivity index is 1.57. The summed E-state index contributed by atoms with van der Waals surface area (Å²) < 4.78 is 0. The Morgan fingerprint density at radius 1 is 0.846 bits per heavy atom. The van der Waals surface area contributed by atoms with Crippen molar-refractivity contribution in [2.45, 2.75) is 0 Å². The Morgan fingerprint density at radius 3 is 2.15 bits per heavy atom. The topological polar surface area (TPSA) is 86.7 Å².